The number of para-hydroxylation sites is 1. The SMILES string of the molecule is Cc1ccc(/C(O)=C2\C(=O)C(=O)N(CCc3c[nH]c4ccccc34)C2c2ccc(Br)cc2)cc1. The number of aromatic nitrogens is 1. The van der Waals surface area contributed by atoms with Gasteiger partial charge in [-0.2, -0.15) is 0 Å². The number of rotatable bonds is 5. The second-order valence-electron chi connectivity index (χ2n) is 8.52. The molecule has 0 spiro atoms. The summed E-state index contributed by atoms with van der Waals surface area (Å²) in [4.78, 5) is 31.2. The normalized spacial score (nSPS) is 17.6. The van der Waals surface area contributed by atoms with Gasteiger partial charge < -0.3 is 15.0 Å². The van der Waals surface area contributed by atoms with E-state index in [2.05, 4.69) is 20.9 Å². The second-order valence-corrected chi connectivity index (χ2v) is 9.44. The number of aryl methyl sites for hydroxylation is 1. The summed E-state index contributed by atoms with van der Waals surface area (Å²) in [5.74, 6) is -1.41. The summed E-state index contributed by atoms with van der Waals surface area (Å²) >= 11 is 3.45. The van der Waals surface area contributed by atoms with Gasteiger partial charge in [-0.25, -0.2) is 0 Å². The van der Waals surface area contributed by atoms with Gasteiger partial charge in [0.05, 0.1) is 11.6 Å². The number of halogens is 1. The maximum absolute atomic E-state index is 13.2. The molecule has 0 bridgehead atoms. The van der Waals surface area contributed by atoms with E-state index in [0.717, 1.165) is 32.1 Å². The average molecular weight is 515 g/mol. The van der Waals surface area contributed by atoms with Crippen molar-refractivity contribution in [1.29, 1.82) is 0 Å². The molecule has 3 aromatic carbocycles. The zero-order valence-corrected chi connectivity index (χ0v) is 20.2. The van der Waals surface area contributed by atoms with E-state index in [1.807, 2.05) is 73.8 Å². The van der Waals surface area contributed by atoms with Crippen molar-refractivity contribution in [1.82, 2.24) is 9.88 Å². The lowest BCUT2D eigenvalue weighted by Gasteiger charge is -2.25. The first kappa shape index (κ1) is 22.2. The van der Waals surface area contributed by atoms with Crippen LogP contribution in [-0.4, -0.2) is 33.2 Å². The van der Waals surface area contributed by atoms with Gasteiger partial charge in [-0.3, -0.25) is 9.59 Å². The predicted octanol–water partition coefficient (Wildman–Crippen LogP) is 5.90. The summed E-state index contributed by atoms with van der Waals surface area (Å²) in [5, 5.41) is 12.3. The second kappa shape index (κ2) is 8.95. The smallest absolute Gasteiger partial charge is 0.295 e. The van der Waals surface area contributed by atoms with Gasteiger partial charge in [0.25, 0.3) is 11.7 Å². The van der Waals surface area contributed by atoms with E-state index in [1.165, 1.54) is 0 Å². The van der Waals surface area contributed by atoms with Crippen LogP contribution in [0.2, 0.25) is 0 Å². The number of likely N-dealkylation sites (tertiary alicyclic amines) is 1. The van der Waals surface area contributed by atoms with E-state index < -0.39 is 17.7 Å². The molecule has 1 saturated heterocycles. The fraction of sp³-hybridized carbons (Fsp3) is 0.143. The molecule has 1 aliphatic rings. The summed E-state index contributed by atoms with van der Waals surface area (Å²) in [7, 11) is 0. The van der Waals surface area contributed by atoms with Crippen LogP contribution < -0.4 is 0 Å². The summed E-state index contributed by atoms with van der Waals surface area (Å²) in [6.07, 6.45) is 2.52. The topological polar surface area (TPSA) is 73.4 Å². The first-order valence-corrected chi connectivity index (χ1v) is 11.9. The number of aromatic amines is 1. The van der Waals surface area contributed by atoms with Crippen LogP contribution >= 0.6 is 15.9 Å². The van der Waals surface area contributed by atoms with Crippen molar-refractivity contribution in [3.05, 3.63) is 111 Å². The number of hydrogen-bond acceptors (Lipinski definition) is 3. The fourth-order valence-electron chi connectivity index (χ4n) is 4.55. The monoisotopic (exact) mass is 514 g/mol. The Bertz CT molecular complexity index is 1420. The average Bonchev–Trinajstić information content (AvgIpc) is 3.37. The number of H-pyrrole nitrogens is 1. The van der Waals surface area contributed by atoms with Crippen LogP contribution in [0.25, 0.3) is 16.7 Å². The minimum Gasteiger partial charge on any atom is -0.507 e. The molecule has 5 nitrogen and oxygen atoms in total. The Morgan fingerprint density at radius 1 is 1.00 bits per heavy atom. The molecule has 1 amide bonds. The molecule has 0 saturated carbocycles. The Morgan fingerprint density at radius 3 is 2.44 bits per heavy atom. The van der Waals surface area contributed by atoms with Gasteiger partial charge in [-0.15, -0.1) is 0 Å². The Kier molecular flexibility index (Phi) is 5.84. The molecule has 34 heavy (non-hydrogen) atoms. The molecule has 0 radical (unpaired) electrons. The maximum atomic E-state index is 13.2. The summed E-state index contributed by atoms with van der Waals surface area (Å²) < 4.78 is 0.894. The van der Waals surface area contributed by atoms with Crippen LogP contribution in [0.4, 0.5) is 0 Å². The van der Waals surface area contributed by atoms with Crippen LogP contribution in [0, 0.1) is 6.92 Å². The van der Waals surface area contributed by atoms with Gasteiger partial charge in [-0.1, -0.05) is 76.1 Å². The molecule has 2 heterocycles. The number of aliphatic hydroxyl groups is 1. The van der Waals surface area contributed by atoms with E-state index in [4.69, 9.17) is 0 Å². The largest absolute Gasteiger partial charge is 0.507 e. The first-order valence-electron chi connectivity index (χ1n) is 11.1. The molecule has 1 aromatic heterocycles. The minimum absolute atomic E-state index is 0.120. The van der Waals surface area contributed by atoms with E-state index in [9.17, 15) is 14.7 Å². The van der Waals surface area contributed by atoms with Gasteiger partial charge in [0.15, 0.2) is 0 Å². The molecule has 4 aromatic rings. The Labute approximate surface area is 205 Å². The Balaban J connectivity index is 1.56. The number of benzene rings is 3. The van der Waals surface area contributed by atoms with Gasteiger partial charge in [0.1, 0.15) is 5.76 Å². The quantitative estimate of drug-likeness (QED) is 0.197. The molecule has 1 atom stereocenters. The summed E-state index contributed by atoms with van der Waals surface area (Å²) in [5.41, 5.74) is 4.56. The van der Waals surface area contributed by atoms with Crippen molar-refractivity contribution in [3.63, 3.8) is 0 Å². The highest BCUT2D eigenvalue weighted by Crippen LogP contribution is 2.40. The third-order valence-electron chi connectivity index (χ3n) is 6.35. The Hall–Kier alpha value is -3.64. The highest BCUT2D eigenvalue weighted by atomic mass is 79.9. The zero-order chi connectivity index (χ0) is 23.8. The molecule has 170 valence electrons. The zero-order valence-electron chi connectivity index (χ0n) is 18.6. The van der Waals surface area contributed by atoms with E-state index in [1.54, 1.807) is 17.0 Å². The van der Waals surface area contributed by atoms with Crippen LogP contribution in [-0.2, 0) is 16.0 Å². The van der Waals surface area contributed by atoms with Crippen molar-refractivity contribution in [2.75, 3.05) is 6.54 Å². The van der Waals surface area contributed by atoms with Crippen molar-refractivity contribution < 1.29 is 14.7 Å². The van der Waals surface area contributed by atoms with Crippen molar-refractivity contribution in [2.45, 2.75) is 19.4 Å². The van der Waals surface area contributed by atoms with E-state index in [0.29, 0.717) is 18.5 Å². The molecular formula is C28H23BrN2O3. The minimum atomic E-state index is -0.667. The highest BCUT2D eigenvalue weighted by molar-refractivity contribution is 9.10. The van der Waals surface area contributed by atoms with Gasteiger partial charge >= 0.3 is 0 Å². The standard InChI is InChI=1S/C28H23BrN2O3/c1-17-6-8-19(9-7-17)26(32)24-25(18-10-12-21(29)13-11-18)31(28(34)27(24)33)15-14-20-16-30-23-5-3-2-4-22(20)23/h2-13,16,25,30,32H,14-15H2,1H3/b26-24+. The molecule has 1 unspecified atom stereocenters. The number of aliphatic hydroxyl groups excluding tert-OH is 1. The maximum Gasteiger partial charge on any atom is 0.295 e. The third kappa shape index (κ3) is 3.94. The van der Waals surface area contributed by atoms with Gasteiger partial charge in [0.2, 0.25) is 0 Å². The number of Topliss-reactive ketones (excluding diaryl/α,β-unsaturated/α-hetero) is 1. The first-order chi connectivity index (χ1) is 16.4. The summed E-state index contributed by atoms with van der Waals surface area (Å²) in [6.45, 7) is 2.30. The predicted molar refractivity (Wildman–Crippen MR) is 136 cm³/mol. The lowest BCUT2D eigenvalue weighted by Crippen LogP contribution is -2.31. The van der Waals surface area contributed by atoms with Crippen LogP contribution in [0.15, 0.2) is 89.0 Å². The van der Waals surface area contributed by atoms with Crippen LogP contribution in [0.5, 0.6) is 0 Å². The van der Waals surface area contributed by atoms with Crippen molar-refractivity contribution in [2.24, 2.45) is 0 Å². The number of fused-ring (bicyclic) bond motifs is 1. The molecule has 5 rings (SSSR count). The fourth-order valence-corrected chi connectivity index (χ4v) is 4.81. The third-order valence-corrected chi connectivity index (χ3v) is 6.88. The number of amides is 1. The molecule has 2 N–H and O–H groups in total. The number of hydrogen-bond donors (Lipinski definition) is 2. The Morgan fingerprint density at radius 2 is 1.71 bits per heavy atom. The van der Waals surface area contributed by atoms with Gasteiger partial charge in [0, 0.05) is 33.7 Å². The molecule has 1 aliphatic heterocycles. The summed E-state index contributed by atoms with van der Waals surface area (Å²) in [6, 6.07) is 22.1. The van der Waals surface area contributed by atoms with E-state index in [-0.39, 0.29) is 11.3 Å². The number of carbonyl (C=O) groups is 2. The lowest BCUT2D eigenvalue weighted by atomic mass is 9.95. The van der Waals surface area contributed by atoms with Gasteiger partial charge in [-0.05, 0) is 42.7 Å². The molecule has 0 aliphatic carbocycles. The number of carbonyl (C=O) groups excluding carboxylic acids is 2. The van der Waals surface area contributed by atoms with E-state index >= 15 is 0 Å². The number of nitrogens with zero attached hydrogens (tertiary/aromatic N) is 1. The number of nitrogens with one attached hydrogen (secondary N) is 1. The van der Waals surface area contributed by atoms with Crippen LogP contribution in [0.3, 0.4) is 0 Å². The molecule has 1 fully saturated rings. The number of ketones is 1. The highest BCUT2D eigenvalue weighted by Gasteiger charge is 2.45. The molecule has 6 heteroatoms. The van der Waals surface area contributed by atoms with Crippen molar-refractivity contribution in [3.8, 4) is 0 Å². The van der Waals surface area contributed by atoms with Crippen molar-refractivity contribution >= 4 is 44.3 Å². The molecular weight excluding hydrogens is 492 g/mol. The lowest BCUT2D eigenvalue weighted by molar-refractivity contribution is -0.139. The van der Waals surface area contributed by atoms with Crippen LogP contribution in [0.1, 0.15) is 28.3 Å².